The molecule has 0 atom stereocenters. The number of carbonyl (C=O) groups excluding carboxylic acids is 2. The molecule has 0 saturated heterocycles. The molecule has 2 aliphatic heterocycles. The molecular formula is C25H25BrN2O6. The van der Waals surface area contributed by atoms with E-state index in [0.717, 1.165) is 15.6 Å². The molecule has 2 N–H and O–H groups in total. The van der Waals surface area contributed by atoms with Gasteiger partial charge in [-0.25, -0.2) is 0 Å². The van der Waals surface area contributed by atoms with Gasteiger partial charge in [0, 0.05) is 23.5 Å². The van der Waals surface area contributed by atoms with E-state index < -0.39 is 5.97 Å². The van der Waals surface area contributed by atoms with Gasteiger partial charge in [-0.15, -0.1) is 0 Å². The molecular weight excluding hydrogens is 504 g/mol. The summed E-state index contributed by atoms with van der Waals surface area (Å²) in [5, 5.41) is 12.2. The summed E-state index contributed by atoms with van der Waals surface area (Å²) in [6, 6.07) is 9.28. The summed E-state index contributed by atoms with van der Waals surface area (Å²) in [5.74, 6) is -0.344. The third-order valence-corrected chi connectivity index (χ3v) is 7.65. The summed E-state index contributed by atoms with van der Waals surface area (Å²) in [7, 11) is 0. The summed E-state index contributed by atoms with van der Waals surface area (Å²) in [4.78, 5) is 39.5. The SMILES string of the molecule is O=C1c2c(NC(=O)[C@H]3CC[C@H](C(=O)O)CC3)ccc(Br)c2CCN1Cc1ccc2c(c1)OCO2. The average molecular weight is 529 g/mol. The van der Waals surface area contributed by atoms with Crippen molar-refractivity contribution < 1.29 is 29.0 Å². The fraction of sp³-hybridized carbons (Fsp3) is 0.400. The molecule has 9 heteroatoms. The second kappa shape index (κ2) is 9.29. The Balaban J connectivity index is 1.33. The Morgan fingerprint density at radius 3 is 2.56 bits per heavy atom. The Morgan fingerprint density at radius 1 is 1.06 bits per heavy atom. The summed E-state index contributed by atoms with van der Waals surface area (Å²) < 4.78 is 11.7. The molecule has 34 heavy (non-hydrogen) atoms. The van der Waals surface area contributed by atoms with Crippen LogP contribution in [0.2, 0.25) is 0 Å². The predicted molar refractivity (Wildman–Crippen MR) is 127 cm³/mol. The lowest BCUT2D eigenvalue weighted by atomic mass is 9.81. The van der Waals surface area contributed by atoms with Gasteiger partial charge in [0.25, 0.3) is 5.91 Å². The highest BCUT2D eigenvalue weighted by molar-refractivity contribution is 9.10. The largest absolute Gasteiger partial charge is 0.481 e. The molecule has 0 bridgehead atoms. The Bertz CT molecular complexity index is 1160. The predicted octanol–water partition coefficient (Wildman–Crippen LogP) is 4.21. The molecule has 5 rings (SSSR count). The molecule has 2 aromatic carbocycles. The number of carboxylic acid groups (broad SMARTS) is 1. The van der Waals surface area contributed by atoms with Gasteiger partial charge in [0.1, 0.15) is 0 Å². The van der Waals surface area contributed by atoms with Crippen LogP contribution in [0.25, 0.3) is 0 Å². The van der Waals surface area contributed by atoms with Crippen molar-refractivity contribution in [3.8, 4) is 11.5 Å². The van der Waals surface area contributed by atoms with E-state index >= 15 is 0 Å². The number of ether oxygens (including phenoxy) is 2. The molecule has 3 aliphatic rings. The molecule has 1 saturated carbocycles. The van der Waals surface area contributed by atoms with Crippen molar-refractivity contribution >= 4 is 39.4 Å². The van der Waals surface area contributed by atoms with Crippen LogP contribution in [0.3, 0.4) is 0 Å². The number of hydrogen-bond acceptors (Lipinski definition) is 5. The first kappa shape index (κ1) is 22.7. The van der Waals surface area contributed by atoms with Gasteiger partial charge in [-0.05, 0) is 67.5 Å². The minimum Gasteiger partial charge on any atom is -0.481 e. The quantitative estimate of drug-likeness (QED) is 0.602. The van der Waals surface area contributed by atoms with E-state index in [4.69, 9.17) is 9.47 Å². The van der Waals surface area contributed by atoms with Crippen LogP contribution in [0.4, 0.5) is 5.69 Å². The minimum absolute atomic E-state index is 0.134. The first-order chi connectivity index (χ1) is 16.4. The number of carbonyl (C=O) groups is 3. The van der Waals surface area contributed by atoms with Gasteiger partial charge in [-0.1, -0.05) is 22.0 Å². The number of anilines is 1. The molecule has 1 aliphatic carbocycles. The zero-order valence-corrected chi connectivity index (χ0v) is 20.1. The Kier molecular flexibility index (Phi) is 6.20. The first-order valence-electron chi connectivity index (χ1n) is 11.4. The van der Waals surface area contributed by atoms with Crippen LogP contribution in [-0.4, -0.2) is 41.1 Å². The lowest BCUT2D eigenvalue weighted by Gasteiger charge is -2.31. The number of fused-ring (bicyclic) bond motifs is 2. The molecule has 0 spiro atoms. The number of benzene rings is 2. The Morgan fingerprint density at radius 2 is 1.79 bits per heavy atom. The summed E-state index contributed by atoms with van der Waals surface area (Å²) in [5.41, 5.74) is 2.84. The minimum atomic E-state index is -0.797. The van der Waals surface area contributed by atoms with E-state index in [-0.39, 0.29) is 30.4 Å². The maximum absolute atomic E-state index is 13.5. The lowest BCUT2D eigenvalue weighted by molar-refractivity contribution is -0.143. The van der Waals surface area contributed by atoms with Crippen molar-refractivity contribution in [1.82, 2.24) is 4.90 Å². The van der Waals surface area contributed by atoms with Crippen LogP contribution in [0, 0.1) is 11.8 Å². The molecule has 8 nitrogen and oxygen atoms in total. The molecule has 178 valence electrons. The average Bonchev–Trinajstić information content (AvgIpc) is 3.30. The second-order valence-electron chi connectivity index (χ2n) is 8.99. The number of halogens is 1. The maximum Gasteiger partial charge on any atom is 0.306 e. The van der Waals surface area contributed by atoms with Crippen molar-refractivity contribution in [2.45, 2.75) is 38.6 Å². The molecule has 2 heterocycles. The summed E-state index contributed by atoms with van der Waals surface area (Å²) in [6.45, 7) is 1.19. The van der Waals surface area contributed by atoms with Crippen LogP contribution in [0.5, 0.6) is 11.5 Å². The molecule has 0 unspecified atom stereocenters. The number of carboxylic acids is 1. The molecule has 2 amide bonds. The molecule has 2 aromatic rings. The Hall–Kier alpha value is -3.07. The van der Waals surface area contributed by atoms with E-state index in [2.05, 4.69) is 21.2 Å². The number of aliphatic carboxylic acids is 1. The number of nitrogens with one attached hydrogen (secondary N) is 1. The maximum atomic E-state index is 13.5. The van der Waals surface area contributed by atoms with Crippen molar-refractivity contribution in [2.24, 2.45) is 11.8 Å². The van der Waals surface area contributed by atoms with Crippen molar-refractivity contribution in [1.29, 1.82) is 0 Å². The van der Waals surface area contributed by atoms with Gasteiger partial charge in [0.05, 0.1) is 17.2 Å². The molecule has 0 radical (unpaired) electrons. The van der Waals surface area contributed by atoms with Crippen molar-refractivity contribution in [3.63, 3.8) is 0 Å². The second-order valence-corrected chi connectivity index (χ2v) is 9.84. The van der Waals surface area contributed by atoms with Crippen LogP contribution in [0.15, 0.2) is 34.8 Å². The van der Waals surface area contributed by atoms with E-state index in [9.17, 15) is 19.5 Å². The van der Waals surface area contributed by atoms with Gasteiger partial charge >= 0.3 is 5.97 Å². The third kappa shape index (κ3) is 4.36. The third-order valence-electron chi connectivity index (χ3n) is 6.90. The number of rotatable bonds is 5. The fourth-order valence-corrected chi connectivity index (χ4v) is 5.50. The lowest BCUT2D eigenvalue weighted by Crippen LogP contribution is -2.38. The van der Waals surface area contributed by atoms with Crippen molar-refractivity contribution in [3.05, 3.63) is 51.5 Å². The molecule has 1 fully saturated rings. The summed E-state index contributed by atoms with van der Waals surface area (Å²) in [6.07, 6.45) is 2.72. The van der Waals surface area contributed by atoms with Gasteiger partial charge in [-0.3, -0.25) is 14.4 Å². The number of nitrogens with zero attached hydrogens (tertiary/aromatic N) is 1. The smallest absolute Gasteiger partial charge is 0.306 e. The normalized spacial score (nSPS) is 21.2. The van der Waals surface area contributed by atoms with Gasteiger partial charge in [0.15, 0.2) is 11.5 Å². The van der Waals surface area contributed by atoms with Gasteiger partial charge < -0.3 is 24.8 Å². The van der Waals surface area contributed by atoms with Crippen LogP contribution in [-0.2, 0) is 22.6 Å². The van der Waals surface area contributed by atoms with Crippen LogP contribution >= 0.6 is 15.9 Å². The van der Waals surface area contributed by atoms with Gasteiger partial charge in [-0.2, -0.15) is 0 Å². The first-order valence-corrected chi connectivity index (χ1v) is 12.2. The monoisotopic (exact) mass is 528 g/mol. The summed E-state index contributed by atoms with van der Waals surface area (Å²) >= 11 is 3.56. The highest BCUT2D eigenvalue weighted by Gasteiger charge is 2.33. The number of amides is 2. The van der Waals surface area contributed by atoms with Crippen molar-refractivity contribution in [2.75, 3.05) is 18.7 Å². The highest BCUT2D eigenvalue weighted by Crippen LogP contribution is 2.36. The Labute approximate surface area is 205 Å². The topological polar surface area (TPSA) is 105 Å². The van der Waals surface area contributed by atoms with Gasteiger partial charge in [0.2, 0.25) is 12.7 Å². The van der Waals surface area contributed by atoms with E-state index in [1.807, 2.05) is 24.3 Å². The van der Waals surface area contributed by atoms with Crippen LogP contribution in [0.1, 0.15) is 47.2 Å². The number of hydrogen-bond donors (Lipinski definition) is 2. The van der Waals surface area contributed by atoms with Crippen LogP contribution < -0.4 is 14.8 Å². The van der Waals surface area contributed by atoms with E-state index in [1.54, 1.807) is 11.0 Å². The van der Waals surface area contributed by atoms with E-state index in [1.165, 1.54) is 0 Å². The standard InChI is InChI=1S/C25H25BrN2O6/c26-18-6-7-19(27-23(29)15-2-4-16(5-3-15)25(31)32)22-17(18)9-10-28(24(22)30)12-14-1-8-20-21(11-14)34-13-33-20/h1,6-8,11,15-16H,2-5,9-10,12-13H2,(H,27,29)(H,31,32)/t15-,16-. The molecule has 0 aromatic heterocycles. The zero-order valence-electron chi connectivity index (χ0n) is 18.5. The fourth-order valence-electron chi connectivity index (χ4n) is 4.97. The van der Waals surface area contributed by atoms with E-state index in [0.29, 0.717) is 67.9 Å². The highest BCUT2D eigenvalue weighted by atomic mass is 79.9. The zero-order chi connectivity index (χ0) is 23.8.